The third-order valence-electron chi connectivity index (χ3n) is 2.81. The van der Waals surface area contributed by atoms with Crippen molar-refractivity contribution < 1.29 is 8.78 Å². The van der Waals surface area contributed by atoms with Crippen LogP contribution >= 0.6 is 0 Å². The highest BCUT2D eigenvalue weighted by molar-refractivity contribution is 5.22. The predicted octanol–water partition coefficient (Wildman–Crippen LogP) is 2.18. The van der Waals surface area contributed by atoms with Crippen LogP contribution in [-0.2, 0) is 0 Å². The Morgan fingerprint density at radius 3 is 2.69 bits per heavy atom. The van der Waals surface area contributed by atoms with E-state index in [1.54, 1.807) is 6.07 Å². The maximum Gasteiger partial charge on any atom is 0.163 e. The van der Waals surface area contributed by atoms with Crippen LogP contribution in [0, 0.1) is 11.6 Å². The summed E-state index contributed by atoms with van der Waals surface area (Å²) in [5.74, 6) is -1.53. The van der Waals surface area contributed by atoms with Gasteiger partial charge < -0.3 is 5.32 Å². The largest absolute Gasteiger partial charge is 0.318 e. The molecule has 1 aromatic rings. The van der Waals surface area contributed by atoms with Gasteiger partial charge in [0.1, 0.15) is 0 Å². The van der Waals surface area contributed by atoms with Crippen LogP contribution in [0.3, 0.4) is 0 Å². The van der Waals surface area contributed by atoms with E-state index in [-0.39, 0.29) is 6.04 Å². The highest BCUT2D eigenvalue weighted by atomic mass is 19.2. The average molecular weight is 228 g/mol. The SMILES string of the molecule is CNCCN(C)C(C)c1cccc(F)c1F. The lowest BCUT2D eigenvalue weighted by Gasteiger charge is -2.25. The summed E-state index contributed by atoms with van der Waals surface area (Å²) in [5.41, 5.74) is 0.401. The Labute approximate surface area is 95.3 Å². The van der Waals surface area contributed by atoms with Gasteiger partial charge in [-0.1, -0.05) is 12.1 Å². The van der Waals surface area contributed by atoms with Gasteiger partial charge in [-0.3, -0.25) is 4.90 Å². The second-order valence-electron chi connectivity index (χ2n) is 3.90. The fraction of sp³-hybridized carbons (Fsp3) is 0.500. The van der Waals surface area contributed by atoms with Gasteiger partial charge in [0.05, 0.1) is 0 Å². The second-order valence-corrected chi connectivity index (χ2v) is 3.90. The van der Waals surface area contributed by atoms with Gasteiger partial charge in [0.2, 0.25) is 0 Å². The molecule has 4 heteroatoms. The standard InChI is InChI=1S/C12H18F2N2/c1-9(16(3)8-7-15-2)10-5-4-6-11(13)12(10)14/h4-6,9,15H,7-8H2,1-3H3. The molecule has 90 valence electrons. The fourth-order valence-electron chi connectivity index (χ4n) is 1.56. The number of hydrogen-bond donors (Lipinski definition) is 1. The zero-order chi connectivity index (χ0) is 12.1. The smallest absolute Gasteiger partial charge is 0.163 e. The van der Waals surface area contributed by atoms with Crippen molar-refractivity contribution in [3.8, 4) is 0 Å². The van der Waals surface area contributed by atoms with Gasteiger partial charge in [-0.05, 0) is 27.1 Å². The van der Waals surface area contributed by atoms with Gasteiger partial charge in [0.25, 0.3) is 0 Å². The van der Waals surface area contributed by atoms with Crippen LogP contribution in [0.2, 0.25) is 0 Å². The predicted molar refractivity (Wildman–Crippen MR) is 61.3 cm³/mol. The zero-order valence-electron chi connectivity index (χ0n) is 9.93. The van der Waals surface area contributed by atoms with Gasteiger partial charge in [-0.2, -0.15) is 0 Å². The molecule has 16 heavy (non-hydrogen) atoms. The van der Waals surface area contributed by atoms with Gasteiger partial charge in [-0.15, -0.1) is 0 Å². The lowest BCUT2D eigenvalue weighted by Crippen LogP contribution is -2.30. The van der Waals surface area contributed by atoms with Gasteiger partial charge in [0.15, 0.2) is 11.6 Å². The van der Waals surface area contributed by atoms with Crippen LogP contribution in [0.4, 0.5) is 8.78 Å². The minimum Gasteiger partial charge on any atom is -0.318 e. The van der Waals surface area contributed by atoms with Crippen LogP contribution in [-0.4, -0.2) is 32.1 Å². The van der Waals surface area contributed by atoms with Crippen molar-refractivity contribution in [3.63, 3.8) is 0 Å². The van der Waals surface area contributed by atoms with Crippen LogP contribution in [0.25, 0.3) is 0 Å². The molecule has 1 unspecified atom stereocenters. The molecule has 0 radical (unpaired) electrons. The molecule has 0 spiro atoms. The average Bonchev–Trinajstić information content (AvgIpc) is 2.28. The van der Waals surface area contributed by atoms with Crippen LogP contribution in [0.1, 0.15) is 18.5 Å². The Hall–Kier alpha value is -1.00. The number of likely N-dealkylation sites (N-methyl/N-ethyl adjacent to an activating group) is 2. The molecule has 0 aromatic heterocycles. The third-order valence-corrected chi connectivity index (χ3v) is 2.81. The van der Waals surface area contributed by atoms with E-state index in [0.717, 1.165) is 19.2 Å². The molecule has 1 N–H and O–H groups in total. The van der Waals surface area contributed by atoms with E-state index < -0.39 is 11.6 Å². The maximum absolute atomic E-state index is 13.5. The molecule has 0 aliphatic carbocycles. The molecule has 1 atom stereocenters. The molecular formula is C12H18F2N2. The molecular weight excluding hydrogens is 210 g/mol. The molecule has 2 nitrogen and oxygen atoms in total. The summed E-state index contributed by atoms with van der Waals surface area (Å²) in [6.45, 7) is 3.47. The summed E-state index contributed by atoms with van der Waals surface area (Å²) >= 11 is 0. The molecule has 1 aromatic carbocycles. The van der Waals surface area contributed by atoms with Crippen molar-refractivity contribution in [3.05, 3.63) is 35.4 Å². The Balaban J connectivity index is 2.79. The first-order valence-corrected chi connectivity index (χ1v) is 5.36. The number of hydrogen-bond acceptors (Lipinski definition) is 2. The molecule has 0 aliphatic heterocycles. The summed E-state index contributed by atoms with van der Waals surface area (Å²) < 4.78 is 26.6. The first-order chi connectivity index (χ1) is 7.57. The summed E-state index contributed by atoms with van der Waals surface area (Å²) in [4.78, 5) is 1.98. The molecule has 0 bridgehead atoms. The molecule has 0 saturated carbocycles. The Morgan fingerprint density at radius 1 is 1.38 bits per heavy atom. The Morgan fingerprint density at radius 2 is 2.06 bits per heavy atom. The summed E-state index contributed by atoms with van der Waals surface area (Å²) in [5, 5.41) is 3.02. The van der Waals surface area contributed by atoms with Gasteiger partial charge in [0, 0.05) is 24.7 Å². The molecule has 1 rings (SSSR count). The number of halogens is 2. The molecule has 0 saturated heterocycles. The van der Waals surface area contributed by atoms with Gasteiger partial charge >= 0.3 is 0 Å². The highest BCUT2D eigenvalue weighted by Gasteiger charge is 2.17. The zero-order valence-corrected chi connectivity index (χ0v) is 9.93. The minimum atomic E-state index is -0.786. The summed E-state index contributed by atoms with van der Waals surface area (Å²) in [6.07, 6.45) is 0. The van der Waals surface area contributed by atoms with Crippen molar-refractivity contribution in [1.82, 2.24) is 10.2 Å². The van der Waals surface area contributed by atoms with E-state index in [9.17, 15) is 8.78 Å². The summed E-state index contributed by atoms with van der Waals surface area (Å²) in [6, 6.07) is 4.16. The van der Waals surface area contributed by atoms with Crippen molar-refractivity contribution >= 4 is 0 Å². The van der Waals surface area contributed by atoms with Crippen LogP contribution in [0.15, 0.2) is 18.2 Å². The topological polar surface area (TPSA) is 15.3 Å². The molecule has 0 fully saturated rings. The monoisotopic (exact) mass is 228 g/mol. The normalized spacial score (nSPS) is 13.1. The number of rotatable bonds is 5. The van der Waals surface area contributed by atoms with Crippen LogP contribution < -0.4 is 5.32 Å². The van der Waals surface area contributed by atoms with E-state index in [4.69, 9.17) is 0 Å². The quantitative estimate of drug-likeness (QED) is 0.831. The van der Waals surface area contributed by atoms with E-state index in [1.807, 2.05) is 25.9 Å². The minimum absolute atomic E-state index is 0.135. The molecule has 0 aliphatic rings. The first-order valence-electron chi connectivity index (χ1n) is 5.36. The number of benzene rings is 1. The third kappa shape index (κ3) is 3.00. The first kappa shape index (κ1) is 13.1. The summed E-state index contributed by atoms with van der Waals surface area (Å²) in [7, 11) is 3.76. The van der Waals surface area contributed by atoms with Crippen molar-refractivity contribution in [1.29, 1.82) is 0 Å². The Kier molecular flexibility index (Phi) is 4.83. The molecule has 0 heterocycles. The fourth-order valence-corrected chi connectivity index (χ4v) is 1.56. The van der Waals surface area contributed by atoms with E-state index >= 15 is 0 Å². The lowest BCUT2D eigenvalue weighted by atomic mass is 10.1. The van der Waals surface area contributed by atoms with Crippen molar-refractivity contribution in [2.24, 2.45) is 0 Å². The Bertz CT molecular complexity index is 342. The van der Waals surface area contributed by atoms with Crippen LogP contribution in [0.5, 0.6) is 0 Å². The highest BCUT2D eigenvalue weighted by Crippen LogP contribution is 2.22. The number of nitrogens with one attached hydrogen (secondary N) is 1. The van der Waals surface area contributed by atoms with Gasteiger partial charge in [-0.25, -0.2) is 8.78 Å². The van der Waals surface area contributed by atoms with E-state index in [1.165, 1.54) is 6.07 Å². The van der Waals surface area contributed by atoms with E-state index in [0.29, 0.717) is 5.56 Å². The molecule has 0 amide bonds. The second kappa shape index (κ2) is 5.92. The number of nitrogens with zero attached hydrogens (tertiary/aromatic N) is 1. The van der Waals surface area contributed by atoms with Crippen molar-refractivity contribution in [2.75, 3.05) is 27.2 Å². The van der Waals surface area contributed by atoms with Crippen molar-refractivity contribution in [2.45, 2.75) is 13.0 Å². The maximum atomic E-state index is 13.5. The van der Waals surface area contributed by atoms with E-state index in [2.05, 4.69) is 5.32 Å². The lowest BCUT2D eigenvalue weighted by molar-refractivity contribution is 0.256.